The number of carboxylic acid groups (broad SMARTS) is 1. The van der Waals surface area contributed by atoms with Crippen LogP contribution in [-0.2, 0) is 16.0 Å². The lowest BCUT2D eigenvalue weighted by Crippen LogP contribution is -2.37. The van der Waals surface area contributed by atoms with Gasteiger partial charge < -0.3 is 16.2 Å². The minimum absolute atomic E-state index is 0.0451. The van der Waals surface area contributed by atoms with Crippen molar-refractivity contribution in [2.45, 2.75) is 38.6 Å². The molecule has 1 aromatic carbocycles. The second-order valence-corrected chi connectivity index (χ2v) is 4.57. The standard InChI is InChI=1S/C14H20N2O3/c1-2-4-12(9-14(18)19)16-13(17)8-10-5-3-6-11(15)7-10/h3,5-7,12H,2,4,8-9,15H2,1H3,(H,16,17)(H,18,19). The van der Waals surface area contributed by atoms with Gasteiger partial charge in [-0.05, 0) is 24.1 Å². The van der Waals surface area contributed by atoms with E-state index in [1.165, 1.54) is 0 Å². The van der Waals surface area contributed by atoms with Crippen LogP contribution in [0.1, 0.15) is 31.7 Å². The number of hydrogen-bond acceptors (Lipinski definition) is 3. The van der Waals surface area contributed by atoms with E-state index in [2.05, 4.69) is 5.32 Å². The molecule has 0 bridgehead atoms. The van der Waals surface area contributed by atoms with Gasteiger partial charge in [0.05, 0.1) is 12.8 Å². The average Bonchev–Trinajstić information content (AvgIpc) is 2.27. The highest BCUT2D eigenvalue weighted by atomic mass is 16.4. The molecule has 0 radical (unpaired) electrons. The minimum Gasteiger partial charge on any atom is -0.481 e. The summed E-state index contributed by atoms with van der Waals surface area (Å²) in [5.74, 6) is -1.08. The fourth-order valence-electron chi connectivity index (χ4n) is 1.95. The van der Waals surface area contributed by atoms with Crippen molar-refractivity contribution in [1.29, 1.82) is 0 Å². The van der Waals surface area contributed by atoms with Gasteiger partial charge in [0, 0.05) is 11.7 Å². The van der Waals surface area contributed by atoms with Crippen molar-refractivity contribution in [3.8, 4) is 0 Å². The van der Waals surface area contributed by atoms with Crippen molar-refractivity contribution >= 4 is 17.6 Å². The Labute approximate surface area is 112 Å². The summed E-state index contributed by atoms with van der Waals surface area (Å²) in [5, 5.41) is 11.5. The van der Waals surface area contributed by atoms with Gasteiger partial charge in [-0.15, -0.1) is 0 Å². The van der Waals surface area contributed by atoms with Crippen molar-refractivity contribution in [3.05, 3.63) is 29.8 Å². The van der Waals surface area contributed by atoms with Crippen LogP contribution in [0.25, 0.3) is 0 Å². The smallest absolute Gasteiger partial charge is 0.305 e. The number of benzene rings is 1. The molecule has 19 heavy (non-hydrogen) atoms. The Kier molecular flexibility index (Phi) is 5.85. The Morgan fingerprint density at radius 2 is 2.16 bits per heavy atom. The molecule has 1 aromatic rings. The molecule has 1 rings (SSSR count). The van der Waals surface area contributed by atoms with Gasteiger partial charge in [-0.25, -0.2) is 0 Å². The number of nitrogens with two attached hydrogens (primary N) is 1. The van der Waals surface area contributed by atoms with Crippen molar-refractivity contribution in [3.63, 3.8) is 0 Å². The van der Waals surface area contributed by atoms with Crippen LogP contribution < -0.4 is 11.1 Å². The van der Waals surface area contributed by atoms with E-state index < -0.39 is 5.97 Å². The van der Waals surface area contributed by atoms with Gasteiger partial charge in [0.1, 0.15) is 0 Å². The molecule has 0 heterocycles. The average molecular weight is 264 g/mol. The lowest BCUT2D eigenvalue weighted by Gasteiger charge is -2.16. The van der Waals surface area contributed by atoms with Gasteiger partial charge in [0.15, 0.2) is 0 Å². The number of nitrogens with one attached hydrogen (secondary N) is 1. The van der Waals surface area contributed by atoms with E-state index in [-0.39, 0.29) is 24.8 Å². The first-order valence-corrected chi connectivity index (χ1v) is 6.36. The molecular formula is C14H20N2O3. The Balaban J connectivity index is 2.54. The molecular weight excluding hydrogens is 244 g/mol. The van der Waals surface area contributed by atoms with Crippen LogP contribution in [0, 0.1) is 0 Å². The van der Waals surface area contributed by atoms with E-state index in [4.69, 9.17) is 10.8 Å². The van der Waals surface area contributed by atoms with Crippen LogP contribution >= 0.6 is 0 Å². The molecule has 1 amide bonds. The molecule has 0 fully saturated rings. The molecule has 1 atom stereocenters. The van der Waals surface area contributed by atoms with Crippen LogP contribution in [0.15, 0.2) is 24.3 Å². The molecule has 0 aromatic heterocycles. The molecule has 0 aliphatic rings. The number of carbonyl (C=O) groups excluding carboxylic acids is 1. The monoisotopic (exact) mass is 264 g/mol. The maximum atomic E-state index is 11.8. The van der Waals surface area contributed by atoms with E-state index in [1.54, 1.807) is 18.2 Å². The highest BCUT2D eigenvalue weighted by Crippen LogP contribution is 2.08. The van der Waals surface area contributed by atoms with Crippen LogP contribution in [0.3, 0.4) is 0 Å². The number of aliphatic carboxylic acids is 1. The summed E-state index contributed by atoms with van der Waals surface area (Å²) in [6.07, 6.45) is 1.66. The summed E-state index contributed by atoms with van der Waals surface area (Å²) in [6, 6.07) is 6.80. The zero-order valence-electron chi connectivity index (χ0n) is 11.1. The predicted molar refractivity (Wildman–Crippen MR) is 73.6 cm³/mol. The zero-order chi connectivity index (χ0) is 14.3. The Hall–Kier alpha value is -2.04. The van der Waals surface area contributed by atoms with Crippen LogP contribution in [-0.4, -0.2) is 23.0 Å². The quantitative estimate of drug-likeness (QED) is 0.652. The Bertz CT molecular complexity index is 446. The van der Waals surface area contributed by atoms with Gasteiger partial charge in [-0.3, -0.25) is 9.59 Å². The third-order valence-corrected chi connectivity index (χ3v) is 2.74. The molecule has 104 valence electrons. The second-order valence-electron chi connectivity index (χ2n) is 4.57. The van der Waals surface area contributed by atoms with Crippen molar-refractivity contribution in [2.24, 2.45) is 0 Å². The molecule has 0 spiro atoms. The van der Waals surface area contributed by atoms with Gasteiger partial charge in [0.2, 0.25) is 5.91 Å². The molecule has 0 saturated carbocycles. The summed E-state index contributed by atoms with van der Waals surface area (Å²) in [5.41, 5.74) is 7.07. The number of nitrogen functional groups attached to an aromatic ring is 1. The van der Waals surface area contributed by atoms with Crippen LogP contribution in [0.2, 0.25) is 0 Å². The number of rotatable bonds is 7. The Morgan fingerprint density at radius 1 is 1.42 bits per heavy atom. The van der Waals surface area contributed by atoms with Crippen molar-refractivity contribution in [2.75, 3.05) is 5.73 Å². The zero-order valence-corrected chi connectivity index (χ0v) is 11.1. The molecule has 0 aliphatic carbocycles. The highest BCUT2D eigenvalue weighted by Gasteiger charge is 2.15. The van der Waals surface area contributed by atoms with Crippen LogP contribution in [0.5, 0.6) is 0 Å². The highest BCUT2D eigenvalue weighted by molar-refractivity contribution is 5.80. The summed E-state index contributed by atoms with van der Waals surface area (Å²) < 4.78 is 0. The first kappa shape index (κ1) is 15.0. The topological polar surface area (TPSA) is 92.4 Å². The van der Waals surface area contributed by atoms with Crippen LogP contribution in [0.4, 0.5) is 5.69 Å². The molecule has 1 unspecified atom stereocenters. The Morgan fingerprint density at radius 3 is 2.74 bits per heavy atom. The largest absolute Gasteiger partial charge is 0.481 e. The van der Waals surface area contributed by atoms with Gasteiger partial charge in [-0.1, -0.05) is 25.5 Å². The molecule has 0 saturated heterocycles. The third-order valence-electron chi connectivity index (χ3n) is 2.74. The summed E-state index contributed by atoms with van der Waals surface area (Å²) in [6.45, 7) is 1.96. The summed E-state index contributed by atoms with van der Waals surface area (Å²) in [7, 11) is 0. The number of amides is 1. The maximum Gasteiger partial charge on any atom is 0.305 e. The van der Waals surface area contributed by atoms with Gasteiger partial charge >= 0.3 is 5.97 Å². The summed E-state index contributed by atoms with van der Waals surface area (Å²) >= 11 is 0. The van der Waals surface area contributed by atoms with E-state index in [0.717, 1.165) is 12.0 Å². The normalized spacial score (nSPS) is 11.8. The molecule has 0 aliphatic heterocycles. The number of carbonyl (C=O) groups is 2. The second kappa shape index (κ2) is 7.41. The van der Waals surface area contributed by atoms with E-state index in [9.17, 15) is 9.59 Å². The molecule has 4 N–H and O–H groups in total. The number of hydrogen-bond donors (Lipinski definition) is 3. The molecule has 5 heteroatoms. The predicted octanol–water partition coefficient (Wildman–Crippen LogP) is 1.57. The van der Waals surface area contributed by atoms with Gasteiger partial charge in [-0.2, -0.15) is 0 Å². The third kappa shape index (κ3) is 5.90. The van der Waals surface area contributed by atoms with E-state index in [0.29, 0.717) is 12.1 Å². The fraction of sp³-hybridized carbons (Fsp3) is 0.429. The first-order chi connectivity index (χ1) is 9.01. The van der Waals surface area contributed by atoms with Crippen molar-refractivity contribution < 1.29 is 14.7 Å². The fourth-order valence-corrected chi connectivity index (χ4v) is 1.95. The van der Waals surface area contributed by atoms with E-state index in [1.807, 2.05) is 13.0 Å². The number of anilines is 1. The maximum absolute atomic E-state index is 11.8. The van der Waals surface area contributed by atoms with Crippen molar-refractivity contribution in [1.82, 2.24) is 5.32 Å². The minimum atomic E-state index is -0.900. The lowest BCUT2D eigenvalue weighted by molar-refractivity contribution is -0.137. The van der Waals surface area contributed by atoms with Gasteiger partial charge in [0.25, 0.3) is 0 Å². The number of carboxylic acids is 1. The molecule has 5 nitrogen and oxygen atoms in total. The summed E-state index contributed by atoms with van der Waals surface area (Å²) in [4.78, 5) is 22.5. The SMILES string of the molecule is CCCC(CC(=O)O)NC(=O)Cc1cccc(N)c1. The van der Waals surface area contributed by atoms with E-state index >= 15 is 0 Å². The first-order valence-electron chi connectivity index (χ1n) is 6.36. The lowest BCUT2D eigenvalue weighted by atomic mass is 10.1.